The second-order valence-corrected chi connectivity index (χ2v) is 6.32. The lowest BCUT2D eigenvalue weighted by atomic mass is 9.92. The van der Waals surface area contributed by atoms with Gasteiger partial charge in [0.05, 0.1) is 6.61 Å². The molecule has 0 aliphatic carbocycles. The van der Waals surface area contributed by atoms with Gasteiger partial charge in [-0.3, -0.25) is 4.79 Å². The Morgan fingerprint density at radius 2 is 1.86 bits per heavy atom. The maximum Gasteiger partial charge on any atom is 0.326 e. The van der Waals surface area contributed by atoms with Crippen LogP contribution in [0.15, 0.2) is 0 Å². The minimum atomic E-state index is -0.613. The fourth-order valence-electron chi connectivity index (χ4n) is 2.24. The Morgan fingerprint density at radius 1 is 1.24 bits per heavy atom. The van der Waals surface area contributed by atoms with Crippen molar-refractivity contribution in [2.75, 3.05) is 47.4 Å². The summed E-state index contributed by atoms with van der Waals surface area (Å²) in [6.07, 6.45) is 1.75. The summed E-state index contributed by atoms with van der Waals surface area (Å²) in [6.45, 7) is 11.3. The molecule has 0 aliphatic rings. The molecule has 0 saturated heterocycles. The van der Waals surface area contributed by atoms with Crippen molar-refractivity contribution in [2.45, 2.75) is 52.1 Å². The standard InChI is InChI=1S/C16H35N3O2/c1-8-10-17-16(4,15(20)21-9-2)13-14(3)19(7)12-11-18(5)6/h14,17H,8-13H2,1-7H3. The van der Waals surface area contributed by atoms with E-state index in [2.05, 4.69) is 50.1 Å². The van der Waals surface area contributed by atoms with Gasteiger partial charge in [0.15, 0.2) is 0 Å². The van der Waals surface area contributed by atoms with E-state index >= 15 is 0 Å². The zero-order valence-electron chi connectivity index (χ0n) is 15.0. The van der Waals surface area contributed by atoms with E-state index < -0.39 is 5.54 Å². The van der Waals surface area contributed by atoms with Gasteiger partial charge in [-0.25, -0.2) is 0 Å². The van der Waals surface area contributed by atoms with Crippen molar-refractivity contribution in [3.05, 3.63) is 0 Å². The molecule has 0 fully saturated rings. The number of rotatable bonds is 11. The third-order valence-corrected chi connectivity index (χ3v) is 3.85. The SMILES string of the molecule is CCCNC(C)(CC(C)N(C)CCN(C)C)C(=O)OCC. The second kappa shape index (κ2) is 10.1. The first kappa shape index (κ1) is 20.3. The zero-order chi connectivity index (χ0) is 16.5. The number of hydrogen-bond donors (Lipinski definition) is 1. The van der Waals surface area contributed by atoms with Crippen molar-refractivity contribution >= 4 is 5.97 Å². The van der Waals surface area contributed by atoms with Crippen LogP contribution in [0.5, 0.6) is 0 Å². The molecular weight excluding hydrogens is 266 g/mol. The molecule has 21 heavy (non-hydrogen) atoms. The first-order valence-electron chi connectivity index (χ1n) is 8.04. The highest BCUT2D eigenvalue weighted by Crippen LogP contribution is 2.18. The molecule has 0 saturated carbocycles. The van der Waals surface area contributed by atoms with E-state index in [1.54, 1.807) is 0 Å². The van der Waals surface area contributed by atoms with Crippen molar-refractivity contribution in [2.24, 2.45) is 0 Å². The maximum absolute atomic E-state index is 12.3. The Bertz CT molecular complexity index is 297. The number of esters is 1. The first-order chi connectivity index (χ1) is 9.76. The van der Waals surface area contributed by atoms with Crippen molar-refractivity contribution in [1.82, 2.24) is 15.1 Å². The molecule has 0 radical (unpaired) electrons. The summed E-state index contributed by atoms with van der Waals surface area (Å²) in [5, 5.41) is 3.37. The summed E-state index contributed by atoms with van der Waals surface area (Å²) in [5.74, 6) is -0.147. The Balaban J connectivity index is 4.66. The van der Waals surface area contributed by atoms with E-state index in [0.29, 0.717) is 12.6 Å². The van der Waals surface area contributed by atoms with Crippen molar-refractivity contribution in [1.29, 1.82) is 0 Å². The highest BCUT2D eigenvalue weighted by atomic mass is 16.5. The molecule has 2 atom stereocenters. The van der Waals surface area contributed by atoms with Gasteiger partial charge in [0, 0.05) is 19.1 Å². The van der Waals surface area contributed by atoms with Gasteiger partial charge in [-0.15, -0.1) is 0 Å². The monoisotopic (exact) mass is 301 g/mol. The normalized spacial score (nSPS) is 16.0. The smallest absolute Gasteiger partial charge is 0.326 e. The van der Waals surface area contributed by atoms with Gasteiger partial charge in [-0.05, 0) is 61.3 Å². The van der Waals surface area contributed by atoms with Crippen LogP contribution in [0.1, 0.15) is 40.5 Å². The molecule has 5 nitrogen and oxygen atoms in total. The molecule has 5 heteroatoms. The van der Waals surface area contributed by atoms with E-state index in [1.165, 1.54) is 0 Å². The molecular formula is C16H35N3O2. The largest absolute Gasteiger partial charge is 0.465 e. The first-order valence-corrected chi connectivity index (χ1v) is 8.04. The summed E-state index contributed by atoms with van der Waals surface area (Å²) < 4.78 is 5.25. The fourth-order valence-corrected chi connectivity index (χ4v) is 2.24. The molecule has 0 heterocycles. The van der Waals surface area contributed by atoms with Crippen LogP contribution < -0.4 is 5.32 Å². The minimum absolute atomic E-state index is 0.147. The van der Waals surface area contributed by atoms with Crippen LogP contribution in [0.25, 0.3) is 0 Å². The van der Waals surface area contributed by atoms with Gasteiger partial charge < -0.3 is 19.9 Å². The molecule has 0 aromatic rings. The van der Waals surface area contributed by atoms with Crippen LogP contribution in [-0.4, -0.2) is 74.7 Å². The van der Waals surface area contributed by atoms with Crippen LogP contribution in [-0.2, 0) is 9.53 Å². The lowest BCUT2D eigenvalue weighted by Crippen LogP contribution is -2.54. The van der Waals surface area contributed by atoms with Crippen molar-refractivity contribution < 1.29 is 9.53 Å². The van der Waals surface area contributed by atoms with Crippen LogP contribution in [0, 0.1) is 0 Å². The zero-order valence-corrected chi connectivity index (χ0v) is 15.0. The number of carbonyl (C=O) groups excluding carboxylic acids is 1. The summed E-state index contributed by atoms with van der Waals surface area (Å²) >= 11 is 0. The molecule has 0 aromatic heterocycles. The second-order valence-electron chi connectivity index (χ2n) is 6.32. The summed E-state index contributed by atoms with van der Waals surface area (Å²) in [6, 6.07) is 0.309. The highest BCUT2D eigenvalue weighted by molar-refractivity contribution is 5.80. The molecule has 0 bridgehead atoms. The van der Waals surface area contributed by atoms with Gasteiger partial charge in [-0.1, -0.05) is 6.92 Å². The molecule has 126 valence electrons. The van der Waals surface area contributed by atoms with Crippen molar-refractivity contribution in [3.63, 3.8) is 0 Å². The van der Waals surface area contributed by atoms with Crippen LogP contribution >= 0.6 is 0 Å². The Kier molecular flexibility index (Phi) is 9.83. The lowest BCUT2D eigenvalue weighted by molar-refractivity contribution is -0.151. The van der Waals surface area contributed by atoms with E-state index in [4.69, 9.17) is 4.74 Å². The minimum Gasteiger partial charge on any atom is -0.465 e. The van der Waals surface area contributed by atoms with Crippen LogP contribution in [0.4, 0.5) is 0 Å². The third kappa shape index (κ3) is 7.79. The quantitative estimate of drug-likeness (QED) is 0.587. The number of nitrogens with one attached hydrogen (secondary N) is 1. The average molecular weight is 301 g/mol. The third-order valence-electron chi connectivity index (χ3n) is 3.85. The van der Waals surface area contributed by atoms with Gasteiger partial charge in [-0.2, -0.15) is 0 Å². The average Bonchev–Trinajstić information content (AvgIpc) is 2.42. The number of nitrogens with zero attached hydrogens (tertiary/aromatic N) is 2. The molecule has 2 unspecified atom stereocenters. The van der Waals surface area contributed by atoms with E-state index in [9.17, 15) is 4.79 Å². The van der Waals surface area contributed by atoms with Gasteiger partial charge >= 0.3 is 5.97 Å². The van der Waals surface area contributed by atoms with Crippen LogP contribution in [0.2, 0.25) is 0 Å². The molecule has 0 aromatic carbocycles. The lowest BCUT2D eigenvalue weighted by Gasteiger charge is -2.35. The summed E-state index contributed by atoms with van der Waals surface area (Å²) in [7, 11) is 6.26. The molecule has 1 N–H and O–H groups in total. The number of hydrogen-bond acceptors (Lipinski definition) is 5. The highest BCUT2D eigenvalue weighted by Gasteiger charge is 2.36. The van der Waals surface area contributed by atoms with E-state index in [0.717, 1.165) is 32.5 Å². The maximum atomic E-state index is 12.3. The molecule has 0 rings (SSSR count). The van der Waals surface area contributed by atoms with Gasteiger partial charge in [0.25, 0.3) is 0 Å². The molecule has 0 amide bonds. The van der Waals surface area contributed by atoms with E-state index in [1.807, 2.05) is 13.8 Å². The Labute approximate surface area is 131 Å². The predicted octanol–water partition coefficient (Wildman–Crippen LogP) is 1.58. The van der Waals surface area contributed by atoms with E-state index in [-0.39, 0.29) is 5.97 Å². The summed E-state index contributed by atoms with van der Waals surface area (Å²) in [5.41, 5.74) is -0.613. The fraction of sp³-hybridized carbons (Fsp3) is 0.938. The van der Waals surface area contributed by atoms with Crippen LogP contribution in [0.3, 0.4) is 0 Å². The Hall–Kier alpha value is -0.650. The van der Waals surface area contributed by atoms with Crippen molar-refractivity contribution in [3.8, 4) is 0 Å². The predicted molar refractivity (Wildman–Crippen MR) is 88.6 cm³/mol. The number of likely N-dealkylation sites (N-methyl/N-ethyl adjacent to an activating group) is 2. The topological polar surface area (TPSA) is 44.8 Å². The van der Waals surface area contributed by atoms with Gasteiger partial charge in [0.1, 0.15) is 5.54 Å². The summed E-state index contributed by atoms with van der Waals surface area (Å²) in [4.78, 5) is 16.8. The Morgan fingerprint density at radius 3 is 2.33 bits per heavy atom. The number of ether oxygens (including phenoxy) is 1. The molecule has 0 spiro atoms. The number of carbonyl (C=O) groups is 1. The molecule has 0 aliphatic heterocycles. The van der Waals surface area contributed by atoms with Gasteiger partial charge in [0.2, 0.25) is 0 Å².